The van der Waals surface area contributed by atoms with Crippen LogP contribution in [0, 0.1) is 0 Å². The number of carbonyl (C=O) groups is 1. The lowest BCUT2D eigenvalue weighted by molar-refractivity contribution is -0.136. The van der Waals surface area contributed by atoms with Gasteiger partial charge in [0, 0.05) is 18.0 Å². The van der Waals surface area contributed by atoms with Crippen LogP contribution < -0.4 is 15.4 Å². The van der Waals surface area contributed by atoms with Crippen LogP contribution in [0.25, 0.3) is 10.9 Å². The molecule has 164 valence electrons. The summed E-state index contributed by atoms with van der Waals surface area (Å²) < 4.78 is 82.8. The Balaban J connectivity index is 1.92. The van der Waals surface area contributed by atoms with Gasteiger partial charge in [-0.05, 0) is 37.6 Å². The molecule has 1 saturated heterocycles. The van der Waals surface area contributed by atoms with E-state index in [1.54, 1.807) is 0 Å². The summed E-state index contributed by atoms with van der Waals surface area (Å²) in [6.45, 7) is -2.85. The van der Waals surface area contributed by atoms with Gasteiger partial charge in [0.2, 0.25) is 0 Å². The van der Waals surface area contributed by atoms with Gasteiger partial charge in [-0.15, -0.1) is 0 Å². The van der Waals surface area contributed by atoms with Gasteiger partial charge >= 0.3 is 12.8 Å². The largest absolute Gasteiger partial charge is 0.435 e. The number of amides is 1. The zero-order valence-electron chi connectivity index (χ0n) is 15.2. The van der Waals surface area contributed by atoms with E-state index in [2.05, 4.69) is 20.4 Å². The van der Waals surface area contributed by atoms with Crippen LogP contribution in [-0.4, -0.2) is 42.8 Å². The third kappa shape index (κ3) is 5.25. The van der Waals surface area contributed by atoms with Crippen molar-refractivity contribution < 1.29 is 35.9 Å². The number of benzene rings is 1. The molecule has 30 heavy (non-hydrogen) atoms. The van der Waals surface area contributed by atoms with Crippen LogP contribution >= 0.6 is 11.6 Å². The van der Waals surface area contributed by atoms with Gasteiger partial charge in [0.25, 0.3) is 5.91 Å². The molecule has 0 saturated carbocycles. The fourth-order valence-electron chi connectivity index (χ4n) is 3.18. The topological polar surface area (TPSA) is 63.2 Å². The summed E-state index contributed by atoms with van der Waals surface area (Å²) in [5.41, 5.74) is -2.45. The molecule has 1 amide bonds. The van der Waals surface area contributed by atoms with Crippen LogP contribution in [-0.2, 0) is 6.18 Å². The lowest BCUT2D eigenvalue weighted by Gasteiger charge is -2.26. The Morgan fingerprint density at radius 1 is 1.33 bits per heavy atom. The summed E-state index contributed by atoms with van der Waals surface area (Å²) in [6.07, 6.45) is -5.41. The third-order valence-electron chi connectivity index (χ3n) is 4.54. The highest BCUT2D eigenvalue weighted by atomic mass is 35.5. The van der Waals surface area contributed by atoms with Crippen molar-refractivity contribution in [3.8, 4) is 5.75 Å². The number of fused-ring (bicyclic) bond motifs is 1. The Hall–Kier alpha value is -2.27. The van der Waals surface area contributed by atoms with Gasteiger partial charge in [-0.2, -0.15) is 22.0 Å². The van der Waals surface area contributed by atoms with E-state index < -0.39 is 47.4 Å². The number of aromatic nitrogens is 1. The first kappa shape index (κ1) is 22.4. The van der Waals surface area contributed by atoms with Crippen molar-refractivity contribution >= 4 is 28.4 Å². The molecule has 1 aromatic carbocycles. The number of piperidine rings is 1. The van der Waals surface area contributed by atoms with Crippen LogP contribution in [0.5, 0.6) is 5.75 Å². The van der Waals surface area contributed by atoms with E-state index >= 15 is 0 Å². The normalized spacial score (nSPS) is 19.9. The maximum atomic E-state index is 13.5. The molecule has 1 aliphatic heterocycles. The van der Waals surface area contributed by atoms with Crippen LogP contribution in [0.2, 0.25) is 5.02 Å². The number of nitrogens with zero attached hydrogens (tertiary/aromatic N) is 1. The molecule has 0 radical (unpaired) electrons. The molecule has 1 aliphatic rings. The van der Waals surface area contributed by atoms with Crippen LogP contribution in [0.4, 0.5) is 26.3 Å². The molecule has 5 nitrogen and oxygen atoms in total. The van der Waals surface area contributed by atoms with Crippen molar-refractivity contribution in [2.24, 2.45) is 0 Å². The number of hydrogen-bond donors (Lipinski definition) is 2. The van der Waals surface area contributed by atoms with Gasteiger partial charge in [0.1, 0.15) is 17.6 Å². The lowest BCUT2D eigenvalue weighted by Crippen LogP contribution is -2.46. The SMILES string of the molecule is O=C(NC[C@H]1CC(F)CCN1)c1cc(Cl)c2cc(OC(F)F)cc(C(F)(F)F)c2n1. The first-order chi connectivity index (χ1) is 14.0. The predicted octanol–water partition coefficient (Wildman–Crippen LogP) is 4.33. The highest BCUT2D eigenvalue weighted by molar-refractivity contribution is 6.35. The van der Waals surface area contributed by atoms with E-state index in [9.17, 15) is 31.1 Å². The number of ether oxygens (including phenoxy) is 1. The van der Waals surface area contributed by atoms with Gasteiger partial charge in [0.15, 0.2) is 0 Å². The molecule has 3 rings (SSSR count). The minimum absolute atomic E-state index is 0.0455. The maximum Gasteiger partial charge on any atom is 0.418 e. The molecule has 0 spiro atoms. The van der Waals surface area contributed by atoms with Gasteiger partial charge in [-0.3, -0.25) is 4.79 Å². The highest BCUT2D eigenvalue weighted by Crippen LogP contribution is 2.39. The first-order valence-electron chi connectivity index (χ1n) is 8.86. The molecule has 0 aliphatic carbocycles. The predicted molar refractivity (Wildman–Crippen MR) is 96.6 cm³/mol. The minimum Gasteiger partial charge on any atom is -0.435 e. The van der Waals surface area contributed by atoms with Crippen LogP contribution in [0.15, 0.2) is 18.2 Å². The summed E-state index contributed by atoms with van der Waals surface area (Å²) in [5.74, 6) is -1.54. The molecule has 2 N–H and O–H groups in total. The second-order valence-corrected chi connectivity index (χ2v) is 7.12. The van der Waals surface area contributed by atoms with Crippen molar-refractivity contribution in [3.05, 3.63) is 34.5 Å². The number of alkyl halides is 6. The summed E-state index contributed by atoms with van der Waals surface area (Å²) in [6, 6.07) is 1.96. The molecule has 2 aromatic rings. The van der Waals surface area contributed by atoms with E-state index in [1.807, 2.05) is 0 Å². The molecule has 1 aromatic heterocycles. The Labute approximate surface area is 171 Å². The zero-order chi connectivity index (χ0) is 22.1. The highest BCUT2D eigenvalue weighted by Gasteiger charge is 2.35. The van der Waals surface area contributed by atoms with Crippen LogP contribution in [0.1, 0.15) is 28.9 Å². The van der Waals surface area contributed by atoms with E-state index in [4.69, 9.17) is 11.6 Å². The molecular formula is C18H16ClF6N3O2. The molecule has 2 atom stereocenters. The monoisotopic (exact) mass is 455 g/mol. The number of rotatable bonds is 5. The number of nitrogens with one attached hydrogen (secondary N) is 2. The van der Waals surface area contributed by atoms with E-state index in [0.29, 0.717) is 19.0 Å². The fourth-order valence-corrected chi connectivity index (χ4v) is 3.43. The summed E-state index contributed by atoms with van der Waals surface area (Å²) in [4.78, 5) is 16.1. The molecule has 12 heteroatoms. The van der Waals surface area contributed by atoms with Crippen molar-refractivity contribution in [1.29, 1.82) is 0 Å². The van der Waals surface area contributed by atoms with Gasteiger partial charge < -0.3 is 15.4 Å². The Morgan fingerprint density at radius 3 is 2.70 bits per heavy atom. The molecule has 0 bridgehead atoms. The number of pyridine rings is 1. The van der Waals surface area contributed by atoms with Crippen molar-refractivity contribution in [2.45, 2.75) is 37.8 Å². The molecule has 1 unspecified atom stereocenters. The second kappa shape index (κ2) is 8.84. The quantitative estimate of drug-likeness (QED) is 0.659. The molecular weight excluding hydrogens is 440 g/mol. The Kier molecular flexibility index (Phi) is 6.61. The number of carbonyl (C=O) groups excluding carboxylic acids is 1. The average molecular weight is 456 g/mol. The zero-order valence-corrected chi connectivity index (χ0v) is 16.0. The third-order valence-corrected chi connectivity index (χ3v) is 4.85. The van der Waals surface area contributed by atoms with Gasteiger partial charge in [-0.1, -0.05) is 11.6 Å². The Morgan fingerprint density at radius 2 is 2.07 bits per heavy atom. The van der Waals surface area contributed by atoms with Gasteiger partial charge in [0.05, 0.1) is 16.1 Å². The summed E-state index contributed by atoms with van der Waals surface area (Å²) in [7, 11) is 0. The summed E-state index contributed by atoms with van der Waals surface area (Å²) in [5, 5.41) is 4.91. The van der Waals surface area contributed by atoms with E-state index in [-0.39, 0.29) is 29.4 Å². The van der Waals surface area contributed by atoms with Crippen molar-refractivity contribution in [1.82, 2.24) is 15.6 Å². The van der Waals surface area contributed by atoms with Crippen molar-refractivity contribution in [3.63, 3.8) is 0 Å². The minimum atomic E-state index is -4.96. The molecule has 1 fully saturated rings. The number of halogens is 7. The smallest absolute Gasteiger partial charge is 0.418 e. The maximum absolute atomic E-state index is 13.5. The lowest BCUT2D eigenvalue weighted by atomic mass is 10.0. The van der Waals surface area contributed by atoms with Gasteiger partial charge in [-0.25, -0.2) is 9.37 Å². The van der Waals surface area contributed by atoms with Crippen LogP contribution in [0.3, 0.4) is 0 Å². The molecule has 2 heterocycles. The van der Waals surface area contributed by atoms with Crippen molar-refractivity contribution in [2.75, 3.05) is 13.1 Å². The fraction of sp³-hybridized carbons (Fsp3) is 0.444. The number of hydrogen-bond acceptors (Lipinski definition) is 4. The standard InChI is InChI=1S/C18H16ClF6N3O2/c19-13-6-14(16(29)27-7-9-3-8(20)1-2-26-9)28-15-11(13)4-10(30-17(21)22)5-12(15)18(23,24)25/h4-6,8-9,17,26H,1-3,7H2,(H,27,29)/t8?,9-/m1/s1. The Bertz CT molecular complexity index is 940. The average Bonchev–Trinajstić information content (AvgIpc) is 2.64. The van der Waals surface area contributed by atoms with E-state index in [1.165, 1.54) is 0 Å². The second-order valence-electron chi connectivity index (χ2n) is 6.72. The first-order valence-corrected chi connectivity index (χ1v) is 9.24. The summed E-state index contributed by atoms with van der Waals surface area (Å²) >= 11 is 6.01. The van der Waals surface area contributed by atoms with E-state index in [0.717, 1.165) is 12.1 Å².